The molecule has 0 radical (unpaired) electrons. The minimum atomic E-state index is -4.61. The molecule has 13 heteroatoms. The number of rotatable bonds is 3. The van der Waals surface area contributed by atoms with Crippen molar-refractivity contribution in [2.45, 2.75) is 18.6 Å². The number of nitrogens with zero attached hydrogens (tertiary/aromatic N) is 6. The Bertz CT molecular complexity index is 1530. The predicted octanol–water partition coefficient (Wildman–Crippen LogP) is 4.56. The van der Waals surface area contributed by atoms with Crippen molar-refractivity contribution >= 4 is 11.5 Å². The lowest BCUT2D eigenvalue weighted by atomic mass is 10.0. The number of halogens is 5. The SMILES string of the molecule is Fc1cccc(F)c1-c1nnc(N2CCc3[nH]cnc3[C@H]2c2cc3cccc(C(F)(F)F)n3n2)o1. The molecule has 0 saturated carbocycles. The number of fused-ring (bicyclic) bond motifs is 2. The molecule has 8 nitrogen and oxygen atoms in total. The number of hydrogen-bond acceptors (Lipinski definition) is 6. The molecule has 6 rings (SSSR count). The van der Waals surface area contributed by atoms with Crippen LogP contribution in [-0.2, 0) is 12.6 Å². The van der Waals surface area contributed by atoms with Crippen LogP contribution in [-0.4, -0.2) is 36.3 Å². The zero-order valence-electron chi connectivity index (χ0n) is 17.6. The molecule has 1 N–H and O–H groups in total. The first-order valence-electron chi connectivity index (χ1n) is 10.4. The lowest BCUT2D eigenvalue weighted by molar-refractivity contribution is -0.142. The van der Waals surface area contributed by atoms with Gasteiger partial charge < -0.3 is 14.3 Å². The van der Waals surface area contributed by atoms with Gasteiger partial charge in [-0.1, -0.05) is 17.2 Å². The van der Waals surface area contributed by atoms with E-state index in [1.54, 1.807) is 4.90 Å². The van der Waals surface area contributed by atoms with Crippen LogP contribution < -0.4 is 4.90 Å². The van der Waals surface area contributed by atoms with Crippen LogP contribution in [0, 0.1) is 11.6 Å². The molecule has 0 fully saturated rings. The van der Waals surface area contributed by atoms with E-state index in [-0.39, 0.29) is 23.1 Å². The smallest absolute Gasteiger partial charge is 0.403 e. The minimum absolute atomic E-state index is 0.0746. The second-order valence-corrected chi connectivity index (χ2v) is 7.91. The number of aromatic amines is 1. The zero-order chi connectivity index (χ0) is 24.3. The first-order valence-corrected chi connectivity index (χ1v) is 10.4. The maximum Gasteiger partial charge on any atom is 0.433 e. The van der Waals surface area contributed by atoms with Crippen LogP contribution in [0.25, 0.3) is 17.0 Å². The van der Waals surface area contributed by atoms with Crippen molar-refractivity contribution in [3.63, 3.8) is 0 Å². The summed E-state index contributed by atoms with van der Waals surface area (Å²) in [6.45, 7) is 0.307. The second kappa shape index (κ2) is 7.61. The molecular weight excluding hydrogens is 473 g/mol. The number of aromatic nitrogens is 6. The normalized spacial score (nSPS) is 16.1. The van der Waals surface area contributed by atoms with Crippen molar-refractivity contribution in [1.29, 1.82) is 0 Å². The molecule has 1 aliphatic heterocycles. The van der Waals surface area contributed by atoms with E-state index in [1.165, 1.54) is 30.6 Å². The Balaban J connectivity index is 1.47. The van der Waals surface area contributed by atoms with Crippen LogP contribution in [0.2, 0.25) is 0 Å². The number of benzene rings is 1. The summed E-state index contributed by atoms with van der Waals surface area (Å²) in [6.07, 6.45) is -2.65. The van der Waals surface area contributed by atoms with Gasteiger partial charge in [-0.25, -0.2) is 18.3 Å². The van der Waals surface area contributed by atoms with Gasteiger partial charge in [-0.2, -0.15) is 18.3 Å². The fourth-order valence-corrected chi connectivity index (χ4v) is 4.30. The van der Waals surface area contributed by atoms with Crippen LogP contribution in [0.3, 0.4) is 0 Å². The largest absolute Gasteiger partial charge is 0.433 e. The molecule has 178 valence electrons. The van der Waals surface area contributed by atoms with Crippen LogP contribution in [0.15, 0.2) is 53.2 Å². The molecule has 1 aromatic carbocycles. The van der Waals surface area contributed by atoms with Gasteiger partial charge >= 0.3 is 12.2 Å². The van der Waals surface area contributed by atoms with Gasteiger partial charge in [0.1, 0.15) is 28.9 Å². The fraction of sp³-hybridized carbons (Fsp3) is 0.182. The number of alkyl halides is 3. The summed E-state index contributed by atoms with van der Waals surface area (Å²) >= 11 is 0. The highest BCUT2D eigenvalue weighted by Crippen LogP contribution is 2.38. The third kappa shape index (κ3) is 3.42. The Morgan fingerprint density at radius 1 is 1.03 bits per heavy atom. The van der Waals surface area contributed by atoms with E-state index in [4.69, 9.17) is 4.42 Å². The molecule has 4 aromatic heterocycles. The molecule has 0 bridgehead atoms. The standard InChI is InChI=1S/C22H14F5N7O/c23-12-4-2-5-13(24)17(12)20-30-31-21(35-20)33-8-7-14-18(29-10-28-14)19(33)15-9-11-3-1-6-16(22(25,26)27)34(11)32-15/h1-6,9-10,19H,7-8H2,(H,28,29)/t19-/m1/s1. The van der Waals surface area contributed by atoms with Crippen LogP contribution in [0.1, 0.15) is 28.8 Å². The van der Waals surface area contributed by atoms with Gasteiger partial charge in [-0.15, -0.1) is 5.10 Å². The molecule has 0 aliphatic carbocycles. The van der Waals surface area contributed by atoms with E-state index >= 15 is 0 Å². The summed E-state index contributed by atoms with van der Waals surface area (Å²) in [4.78, 5) is 8.98. The van der Waals surface area contributed by atoms with Crippen LogP contribution in [0.4, 0.5) is 28.0 Å². The first kappa shape index (κ1) is 21.3. The van der Waals surface area contributed by atoms with Crippen LogP contribution in [0.5, 0.6) is 0 Å². The molecule has 5 aromatic rings. The third-order valence-corrected chi connectivity index (χ3v) is 5.84. The Labute approximate surface area is 193 Å². The molecular formula is C22H14F5N7O. The molecule has 1 atom stereocenters. The Kier molecular flexibility index (Phi) is 4.62. The van der Waals surface area contributed by atoms with Gasteiger partial charge in [-0.3, -0.25) is 0 Å². The quantitative estimate of drug-likeness (QED) is 0.376. The predicted molar refractivity (Wildman–Crippen MR) is 111 cm³/mol. The maximum absolute atomic E-state index is 14.2. The van der Waals surface area contributed by atoms with Gasteiger partial charge in [0.25, 0.3) is 5.89 Å². The number of nitrogens with one attached hydrogen (secondary N) is 1. The van der Waals surface area contributed by atoms with Gasteiger partial charge in [0.2, 0.25) is 0 Å². The van der Waals surface area contributed by atoms with Crippen molar-refractivity contribution < 1.29 is 26.4 Å². The van der Waals surface area contributed by atoms with Gasteiger partial charge in [0.15, 0.2) is 0 Å². The van der Waals surface area contributed by atoms with Crippen LogP contribution >= 0.6 is 0 Å². The Morgan fingerprint density at radius 3 is 2.57 bits per heavy atom. The van der Waals surface area contributed by atoms with E-state index in [1.807, 2.05) is 0 Å². The molecule has 0 amide bonds. The third-order valence-electron chi connectivity index (χ3n) is 5.84. The average Bonchev–Trinajstić information content (AvgIpc) is 3.56. The molecule has 5 heterocycles. The highest BCUT2D eigenvalue weighted by Gasteiger charge is 2.38. The summed E-state index contributed by atoms with van der Waals surface area (Å²) in [6, 6.07) is 7.75. The number of anilines is 1. The summed E-state index contributed by atoms with van der Waals surface area (Å²) in [5.74, 6) is -2.11. The molecule has 0 spiro atoms. The highest BCUT2D eigenvalue weighted by molar-refractivity contribution is 5.57. The Morgan fingerprint density at radius 2 is 1.80 bits per heavy atom. The minimum Gasteiger partial charge on any atom is -0.403 e. The van der Waals surface area contributed by atoms with Gasteiger partial charge in [-0.05, 0) is 30.3 Å². The lowest BCUT2D eigenvalue weighted by Crippen LogP contribution is -2.37. The topological polar surface area (TPSA) is 88.1 Å². The molecule has 35 heavy (non-hydrogen) atoms. The number of pyridine rings is 1. The lowest BCUT2D eigenvalue weighted by Gasteiger charge is -2.32. The number of H-pyrrole nitrogens is 1. The first-order chi connectivity index (χ1) is 16.8. The van der Waals surface area contributed by atoms with Crippen molar-refractivity contribution in [3.8, 4) is 11.5 Å². The van der Waals surface area contributed by atoms with Crippen molar-refractivity contribution in [3.05, 3.63) is 83.2 Å². The Hall–Kier alpha value is -4.29. The van der Waals surface area contributed by atoms with Crippen molar-refractivity contribution in [1.82, 2.24) is 29.8 Å². The maximum atomic E-state index is 14.2. The summed E-state index contributed by atoms with van der Waals surface area (Å²) < 4.78 is 75.6. The second-order valence-electron chi connectivity index (χ2n) is 7.91. The van der Waals surface area contributed by atoms with E-state index in [0.717, 1.165) is 28.4 Å². The van der Waals surface area contributed by atoms with Crippen molar-refractivity contribution in [2.75, 3.05) is 11.4 Å². The summed E-state index contributed by atoms with van der Waals surface area (Å²) in [5.41, 5.74) is 0.386. The van der Waals surface area contributed by atoms with E-state index in [9.17, 15) is 22.0 Å². The van der Waals surface area contributed by atoms with Gasteiger partial charge in [0, 0.05) is 18.7 Å². The van der Waals surface area contributed by atoms with Gasteiger partial charge in [0.05, 0.1) is 23.2 Å². The van der Waals surface area contributed by atoms with Crippen molar-refractivity contribution in [2.24, 2.45) is 0 Å². The molecule has 1 aliphatic rings. The monoisotopic (exact) mass is 487 g/mol. The number of hydrogen-bond donors (Lipinski definition) is 1. The zero-order valence-corrected chi connectivity index (χ0v) is 17.6. The van der Waals surface area contributed by atoms with E-state index < -0.39 is 35.1 Å². The fourth-order valence-electron chi connectivity index (χ4n) is 4.30. The summed E-state index contributed by atoms with van der Waals surface area (Å²) in [5, 5.41) is 12.0. The average molecular weight is 487 g/mol. The van der Waals surface area contributed by atoms with E-state index in [2.05, 4.69) is 25.3 Å². The van der Waals surface area contributed by atoms with E-state index in [0.29, 0.717) is 18.7 Å². The summed E-state index contributed by atoms with van der Waals surface area (Å²) in [7, 11) is 0. The molecule has 0 unspecified atom stereocenters. The molecule has 0 saturated heterocycles. The number of imidazole rings is 1. The highest BCUT2D eigenvalue weighted by atomic mass is 19.4.